The molecular weight excluding hydrogens is 600 g/mol. The van der Waals surface area contributed by atoms with Gasteiger partial charge in [0.1, 0.15) is 23.5 Å². The summed E-state index contributed by atoms with van der Waals surface area (Å²) in [6.07, 6.45) is 4.05. The monoisotopic (exact) mass is 634 g/mol. The number of hydrogen-bond donors (Lipinski definition) is 0. The molecule has 1 unspecified atom stereocenters. The van der Waals surface area contributed by atoms with Crippen LogP contribution in [0.1, 0.15) is 52.9 Å². The number of likely N-dealkylation sites (N-methyl/N-ethyl adjacent to an activating group) is 1. The third-order valence-electron chi connectivity index (χ3n) is 7.42. The number of benzene rings is 1. The number of carbonyl (C=O) groups excluding carboxylic acids is 1. The second-order valence-electron chi connectivity index (χ2n) is 11.8. The third-order valence-corrected chi connectivity index (χ3v) is 8.74. The highest BCUT2D eigenvalue weighted by molar-refractivity contribution is 9.10. The van der Waals surface area contributed by atoms with Gasteiger partial charge in [0.15, 0.2) is 5.75 Å². The Kier molecular flexibility index (Phi) is 8.50. The zero-order valence-electron chi connectivity index (χ0n) is 23.5. The molecule has 216 valence electrons. The zero-order chi connectivity index (χ0) is 28.6. The van der Waals surface area contributed by atoms with Gasteiger partial charge in [0, 0.05) is 31.1 Å². The van der Waals surface area contributed by atoms with E-state index in [4.69, 9.17) is 35.8 Å². The van der Waals surface area contributed by atoms with Crippen LogP contribution in [0.2, 0.25) is 5.02 Å². The van der Waals surface area contributed by atoms with Gasteiger partial charge in [-0.25, -0.2) is 4.79 Å². The van der Waals surface area contributed by atoms with E-state index in [-0.39, 0.29) is 24.6 Å². The number of nitrogens with zero attached hydrogens (tertiary/aromatic N) is 6. The molecule has 1 aliphatic carbocycles. The van der Waals surface area contributed by atoms with Crippen LogP contribution in [-0.4, -0.2) is 89.5 Å². The highest BCUT2D eigenvalue weighted by Gasteiger charge is 2.35. The van der Waals surface area contributed by atoms with Gasteiger partial charge in [0.2, 0.25) is 0 Å². The molecule has 0 radical (unpaired) electrons. The van der Waals surface area contributed by atoms with Crippen LogP contribution < -0.4 is 14.4 Å². The highest BCUT2D eigenvalue weighted by Crippen LogP contribution is 2.44. The summed E-state index contributed by atoms with van der Waals surface area (Å²) in [6, 6.07) is 4.27. The van der Waals surface area contributed by atoms with Crippen molar-refractivity contribution in [1.82, 2.24) is 19.8 Å². The average molecular weight is 636 g/mol. The molecule has 40 heavy (non-hydrogen) atoms. The molecular formula is C28H36BrClN6O4. The van der Waals surface area contributed by atoms with E-state index in [2.05, 4.69) is 38.8 Å². The summed E-state index contributed by atoms with van der Waals surface area (Å²) in [7, 11) is 2.11. The summed E-state index contributed by atoms with van der Waals surface area (Å²) in [4.78, 5) is 28.7. The molecule has 2 atom stereocenters. The summed E-state index contributed by atoms with van der Waals surface area (Å²) in [5, 5.41) is 10.8. The van der Waals surface area contributed by atoms with Gasteiger partial charge in [-0.3, -0.25) is 0 Å². The number of hydrogen-bond acceptors (Lipinski definition) is 9. The first-order valence-electron chi connectivity index (χ1n) is 13.8. The average Bonchev–Trinajstić information content (AvgIpc) is 3.63. The van der Waals surface area contributed by atoms with E-state index in [0.29, 0.717) is 58.9 Å². The first kappa shape index (κ1) is 29.0. The predicted octanol–water partition coefficient (Wildman–Crippen LogP) is 5.40. The van der Waals surface area contributed by atoms with Crippen LogP contribution in [-0.2, 0) is 4.74 Å². The topological polar surface area (TPSA) is 104 Å². The maximum absolute atomic E-state index is 13.0. The number of amides is 1. The van der Waals surface area contributed by atoms with Crippen LogP contribution in [0.25, 0.3) is 10.9 Å². The molecule has 12 heteroatoms. The third kappa shape index (κ3) is 6.50. The van der Waals surface area contributed by atoms with Crippen molar-refractivity contribution in [2.24, 2.45) is 0 Å². The van der Waals surface area contributed by atoms with E-state index in [1.807, 2.05) is 26.8 Å². The molecule has 2 saturated heterocycles. The number of fused-ring (bicyclic) bond motifs is 1. The lowest BCUT2D eigenvalue weighted by atomic mass is 10.1. The summed E-state index contributed by atoms with van der Waals surface area (Å²) in [5.41, 5.74) is -0.00921. The van der Waals surface area contributed by atoms with Crippen LogP contribution >= 0.6 is 27.5 Å². The number of piperazine rings is 1. The molecule has 10 nitrogen and oxygen atoms in total. The lowest BCUT2D eigenvalue weighted by Crippen LogP contribution is -2.56. The second kappa shape index (κ2) is 11.7. The maximum atomic E-state index is 13.0. The molecule has 0 bridgehead atoms. The van der Waals surface area contributed by atoms with Crippen LogP contribution in [0.15, 0.2) is 10.5 Å². The number of ether oxygens (including phenoxy) is 3. The molecule has 3 fully saturated rings. The summed E-state index contributed by atoms with van der Waals surface area (Å²) in [6.45, 7) is 8.31. The molecule has 1 saturated carbocycles. The Morgan fingerprint density at radius 1 is 1.20 bits per heavy atom. The number of likely N-dealkylation sites (tertiary alicyclic amines) is 1. The fourth-order valence-electron chi connectivity index (χ4n) is 5.16. The fourth-order valence-corrected chi connectivity index (χ4v) is 5.75. The van der Waals surface area contributed by atoms with Gasteiger partial charge in [0.05, 0.1) is 34.1 Å². The summed E-state index contributed by atoms with van der Waals surface area (Å²) < 4.78 is 18.8. The van der Waals surface area contributed by atoms with Crippen LogP contribution in [0.5, 0.6) is 11.8 Å². The van der Waals surface area contributed by atoms with E-state index in [9.17, 15) is 10.1 Å². The maximum Gasteiger partial charge on any atom is 0.410 e. The van der Waals surface area contributed by atoms with E-state index in [1.165, 1.54) is 0 Å². The van der Waals surface area contributed by atoms with Gasteiger partial charge in [-0.15, -0.1) is 0 Å². The van der Waals surface area contributed by atoms with Crippen LogP contribution in [0, 0.1) is 11.3 Å². The van der Waals surface area contributed by atoms with Crippen molar-refractivity contribution < 1.29 is 19.0 Å². The molecule has 5 rings (SSSR count). The lowest BCUT2D eigenvalue weighted by molar-refractivity contribution is 0.0145. The number of anilines is 1. The van der Waals surface area contributed by atoms with Crippen molar-refractivity contribution in [2.45, 2.75) is 76.7 Å². The molecule has 1 aromatic carbocycles. The predicted molar refractivity (Wildman–Crippen MR) is 156 cm³/mol. The molecule has 2 aromatic rings. The molecule has 3 heterocycles. The van der Waals surface area contributed by atoms with Crippen LogP contribution in [0.3, 0.4) is 0 Å². The van der Waals surface area contributed by atoms with Crippen molar-refractivity contribution in [3.05, 3.63) is 15.6 Å². The highest BCUT2D eigenvalue weighted by atomic mass is 79.9. The number of carbonyl (C=O) groups is 1. The first-order chi connectivity index (χ1) is 19.0. The van der Waals surface area contributed by atoms with Gasteiger partial charge in [-0.1, -0.05) is 11.6 Å². The Balaban J connectivity index is 1.51. The fraction of sp³-hybridized carbons (Fsp3) is 0.643. The number of halogens is 2. The van der Waals surface area contributed by atoms with E-state index < -0.39 is 11.7 Å². The SMILES string of the molecule is CN1CCC[C@H]1COc1nc(N2CCN(C(=O)OC(C)(C)C)C(CC#N)C2)c2cc(Cl)c(Br)c(OC3CC3)c2n1. The van der Waals surface area contributed by atoms with E-state index >= 15 is 0 Å². The summed E-state index contributed by atoms with van der Waals surface area (Å²) >= 11 is 10.3. The molecule has 2 aliphatic heterocycles. The lowest BCUT2D eigenvalue weighted by Gasteiger charge is -2.41. The van der Waals surface area contributed by atoms with Gasteiger partial charge >= 0.3 is 12.1 Å². The number of aromatic nitrogens is 2. The van der Waals surface area contributed by atoms with Crippen molar-refractivity contribution in [3.63, 3.8) is 0 Å². The summed E-state index contributed by atoms with van der Waals surface area (Å²) in [5.74, 6) is 1.22. The van der Waals surface area contributed by atoms with Gasteiger partial charge < -0.3 is 28.9 Å². The van der Waals surface area contributed by atoms with E-state index in [1.54, 1.807) is 4.90 Å². The number of nitriles is 1. The standard InChI is InChI=1S/C28H36BrClN6O4/c1-28(2,3)40-27(37)36-13-12-35(15-17(36)9-10-31)25-20-14-21(30)22(29)24(39-19-7-8-19)23(20)32-26(33-25)38-16-18-6-5-11-34(18)4/h14,17-19H,5-9,11-13,15-16H2,1-4H3/t17?,18-/m0/s1. The van der Waals surface area contributed by atoms with Crippen molar-refractivity contribution >= 4 is 50.3 Å². The molecule has 0 spiro atoms. The second-order valence-corrected chi connectivity index (χ2v) is 13.0. The minimum Gasteiger partial charge on any atom is -0.487 e. The van der Waals surface area contributed by atoms with E-state index in [0.717, 1.165) is 37.6 Å². The smallest absolute Gasteiger partial charge is 0.410 e. The largest absolute Gasteiger partial charge is 0.487 e. The van der Waals surface area contributed by atoms with Crippen molar-refractivity contribution in [3.8, 4) is 17.8 Å². The Labute approximate surface area is 248 Å². The van der Waals surface area contributed by atoms with Crippen molar-refractivity contribution in [1.29, 1.82) is 5.26 Å². The molecule has 0 N–H and O–H groups in total. The quantitative estimate of drug-likeness (QED) is 0.396. The molecule has 3 aliphatic rings. The Bertz CT molecular complexity index is 1310. The first-order valence-corrected chi connectivity index (χ1v) is 15.0. The van der Waals surface area contributed by atoms with Gasteiger partial charge in [0.25, 0.3) is 0 Å². The molecule has 1 amide bonds. The Hall–Kier alpha value is -2.55. The minimum absolute atomic E-state index is 0.130. The Morgan fingerprint density at radius 3 is 2.62 bits per heavy atom. The minimum atomic E-state index is -0.629. The zero-order valence-corrected chi connectivity index (χ0v) is 25.8. The van der Waals surface area contributed by atoms with Crippen LogP contribution in [0.4, 0.5) is 10.6 Å². The molecule has 1 aromatic heterocycles. The normalized spacial score (nSPS) is 21.9. The number of rotatable bonds is 7. The van der Waals surface area contributed by atoms with Crippen molar-refractivity contribution in [2.75, 3.05) is 44.7 Å². The van der Waals surface area contributed by atoms with Gasteiger partial charge in [-0.05, 0) is 82.0 Å². The van der Waals surface area contributed by atoms with Gasteiger partial charge in [-0.2, -0.15) is 15.2 Å². The Morgan fingerprint density at radius 2 is 1.98 bits per heavy atom.